The molecule has 132 valence electrons. The van der Waals surface area contributed by atoms with Gasteiger partial charge in [0.1, 0.15) is 5.75 Å². The van der Waals surface area contributed by atoms with Gasteiger partial charge in [-0.1, -0.05) is 20.8 Å². The number of rotatable bonds is 4. The molecular weight excluding hydrogens is 330 g/mol. The summed E-state index contributed by atoms with van der Waals surface area (Å²) in [7, 11) is 1.68. The smallest absolute Gasteiger partial charge is 0.203 e. The van der Waals surface area contributed by atoms with Crippen molar-refractivity contribution in [1.29, 1.82) is 0 Å². The van der Waals surface area contributed by atoms with Crippen LogP contribution < -0.4 is 10.2 Å². The molecule has 1 heterocycles. The first-order valence-corrected chi connectivity index (χ1v) is 9.73. The summed E-state index contributed by atoms with van der Waals surface area (Å²) >= 11 is 1.60. The molecule has 1 aromatic heterocycles. The first-order chi connectivity index (χ1) is 11.9. The molecule has 2 saturated carbocycles. The number of anilines is 1. The Hall–Kier alpha value is -1.88. The molecule has 4 rings (SSSR count). The Bertz CT molecular complexity index is 806. The molecule has 0 aliphatic heterocycles. The van der Waals surface area contributed by atoms with Gasteiger partial charge in [0.25, 0.3) is 0 Å². The van der Waals surface area contributed by atoms with E-state index in [0.717, 1.165) is 28.6 Å². The summed E-state index contributed by atoms with van der Waals surface area (Å²) in [5.41, 5.74) is 7.34. The molecule has 0 radical (unpaired) electrons. The third kappa shape index (κ3) is 2.65. The van der Waals surface area contributed by atoms with E-state index in [1.54, 1.807) is 18.4 Å². The zero-order valence-electron chi connectivity index (χ0n) is 15.3. The van der Waals surface area contributed by atoms with Crippen molar-refractivity contribution in [1.82, 2.24) is 4.98 Å². The van der Waals surface area contributed by atoms with E-state index in [4.69, 9.17) is 9.84 Å². The summed E-state index contributed by atoms with van der Waals surface area (Å²) in [4.78, 5) is 4.67. The second kappa shape index (κ2) is 5.84. The minimum absolute atomic E-state index is 0.352. The number of thiazole rings is 1. The predicted molar refractivity (Wildman–Crippen MR) is 104 cm³/mol. The van der Waals surface area contributed by atoms with Gasteiger partial charge in [0, 0.05) is 22.6 Å². The Morgan fingerprint density at radius 2 is 2.00 bits per heavy atom. The minimum atomic E-state index is 0.352. The van der Waals surface area contributed by atoms with E-state index in [0.29, 0.717) is 16.7 Å². The predicted octanol–water partition coefficient (Wildman–Crippen LogP) is 5.43. The Labute approximate surface area is 153 Å². The van der Waals surface area contributed by atoms with Crippen LogP contribution in [0.2, 0.25) is 0 Å². The highest BCUT2D eigenvalue weighted by Gasteiger charge is 2.59. The van der Waals surface area contributed by atoms with Crippen LogP contribution in [0.3, 0.4) is 0 Å². The summed E-state index contributed by atoms with van der Waals surface area (Å²) in [6.07, 6.45) is 3.69. The molecule has 5 heteroatoms. The molecule has 2 aliphatic carbocycles. The summed E-state index contributed by atoms with van der Waals surface area (Å²) in [5, 5.41) is 7.66. The van der Waals surface area contributed by atoms with Gasteiger partial charge in [-0.25, -0.2) is 4.98 Å². The van der Waals surface area contributed by atoms with E-state index < -0.39 is 0 Å². The second-order valence-electron chi connectivity index (χ2n) is 8.03. The summed E-state index contributed by atoms with van der Waals surface area (Å²) in [6, 6.07) is 7.98. The molecule has 2 atom stereocenters. The van der Waals surface area contributed by atoms with Crippen LogP contribution in [0.25, 0.3) is 11.3 Å². The number of aromatic nitrogens is 1. The molecule has 2 aliphatic rings. The molecule has 2 bridgehead atoms. The van der Waals surface area contributed by atoms with Crippen LogP contribution >= 0.6 is 11.3 Å². The van der Waals surface area contributed by atoms with E-state index in [9.17, 15) is 0 Å². The van der Waals surface area contributed by atoms with Crippen molar-refractivity contribution in [3.63, 3.8) is 0 Å². The SMILES string of the molecule is COc1ccc(-c2csc(NN=C3CC4(C)CCC3C4(C)C)n2)cc1. The lowest BCUT2D eigenvalue weighted by Gasteiger charge is -2.33. The van der Waals surface area contributed by atoms with Gasteiger partial charge in [0.05, 0.1) is 12.8 Å². The lowest BCUT2D eigenvalue weighted by molar-refractivity contribution is 0.152. The van der Waals surface area contributed by atoms with Crippen LogP contribution in [0.5, 0.6) is 5.75 Å². The first-order valence-electron chi connectivity index (χ1n) is 8.85. The van der Waals surface area contributed by atoms with Crippen LogP contribution in [0.1, 0.15) is 40.0 Å². The summed E-state index contributed by atoms with van der Waals surface area (Å²) in [6.45, 7) is 7.22. The van der Waals surface area contributed by atoms with Gasteiger partial charge in [-0.3, -0.25) is 5.43 Å². The van der Waals surface area contributed by atoms with Crippen LogP contribution in [0.4, 0.5) is 5.13 Å². The molecule has 25 heavy (non-hydrogen) atoms. The minimum Gasteiger partial charge on any atom is -0.497 e. The van der Waals surface area contributed by atoms with Crippen molar-refractivity contribution in [3.8, 4) is 17.0 Å². The molecular formula is C20H25N3OS. The molecule has 2 fully saturated rings. The highest BCUT2D eigenvalue weighted by atomic mass is 32.1. The maximum absolute atomic E-state index is 5.21. The van der Waals surface area contributed by atoms with Crippen molar-refractivity contribution >= 4 is 22.2 Å². The van der Waals surface area contributed by atoms with Gasteiger partial charge in [0.15, 0.2) is 0 Å². The fraction of sp³-hybridized carbons (Fsp3) is 0.500. The van der Waals surface area contributed by atoms with E-state index in [1.807, 2.05) is 24.3 Å². The molecule has 0 amide bonds. The highest BCUT2D eigenvalue weighted by Crippen LogP contribution is 2.64. The number of hydrogen-bond acceptors (Lipinski definition) is 5. The Kier molecular flexibility index (Phi) is 3.87. The quantitative estimate of drug-likeness (QED) is 0.744. The van der Waals surface area contributed by atoms with Crippen molar-refractivity contribution in [3.05, 3.63) is 29.6 Å². The largest absolute Gasteiger partial charge is 0.497 e. The van der Waals surface area contributed by atoms with Crippen molar-refractivity contribution in [2.24, 2.45) is 21.8 Å². The Morgan fingerprint density at radius 1 is 1.24 bits per heavy atom. The molecule has 2 aromatic rings. The maximum atomic E-state index is 5.21. The van der Waals surface area contributed by atoms with Crippen molar-refractivity contribution < 1.29 is 4.74 Å². The monoisotopic (exact) mass is 355 g/mol. The fourth-order valence-corrected chi connectivity index (χ4v) is 5.11. The van der Waals surface area contributed by atoms with Crippen molar-refractivity contribution in [2.75, 3.05) is 12.5 Å². The molecule has 1 aromatic carbocycles. The second-order valence-corrected chi connectivity index (χ2v) is 8.89. The number of nitrogens with zero attached hydrogens (tertiary/aromatic N) is 2. The van der Waals surface area contributed by atoms with Crippen LogP contribution in [-0.4, -0.2) is 17.8 Å². The van der Waals surface area contributed by atoms with Gasteiger partial charge < -0.3 is 4.74 Å². The van der Waals surface area contributed by atoms with Gasteiger partial charge in [-0.05, 0) is 54.4 Å². The summed E-state index contributed by atoms with van der Waals surface area (Å²) < 4.78 is 5.21. The van der Waals surface area contributed by atoms with Gasteiger partial charge in [-0.2, -0.15) is 5.10 Å². The lowest BCUT2D eigenvalue weighted by atomic mass is 9.71. The van der Waals surface area contributed by atoms with Crippen LogP contribution in [0.15, 0.2) is 34.7 Å². The number of hydrazone groups is 1. The zero-order valence-corrected chi connectivity index (χ0v) is 16.1. The van der Waals surface area contributed by atoms with E-state index in [1.165, 1.54) is 18.6 Å². The average Bonchev–Trinajstić information content (AvgIpc) is 3.22. The van der Waals surface area contributed by atoms with E-state index in [-0.39, 0.29) is 0 Å². The van der Waals surface area contributed by atoms with Crippen LogP contribution in [0, 0.1) is 16.7 Å². The van der Waals surface area contributed by atoms with Crippen LogP contribution in [-0.2, 0) is 0 Å². The van der Waals surface area contributed by atoms with Gasteiger partial charge in [-0.15, -0.1) is 11.3 Å². The topological polar surface area (TPSA) is 46.5 Å². The number of nitrogens with one attached hydrogen (secondary N) is 1. The molecule has 0 saturated heterocycles. The van der Waals surface area contributed by atoms with Crippen molar-refractivity contribution in [2.45, 2.75) is 40.0 Å². The Balaban J connectivity index is 1.49. The molecule has 4 nitrogen and oxygen atoms in total. The highest BCUT2D eigenvalue weighted by molar-refractivity contribution is 7.14. The zero-order chi connectivity index (χ0) is 17.7. The third-order valence-corrected chi connectivity index (χ3v) is 7.32. The van der Waals surface area contributed by atoms with E-state index in [2.05, 4.69) is 36.6 Å². The lowest BCUT2D eigenvalue weighted by Crippen LogP contribution is -2.26. The summed E-state index contributed by atoms with van der Waals surface area (Å²) in [5.74, 6) is 1.46. The molecule has 1 N–H and O–H groups in total. The molecule has 2 unspecified atom stereocenters. The van der Waals surface area contributed by atoms with E-state index >= 15 is 0 Å². The third-order valence-electron chi connectivity index (χ3n) is 6.57. The first kappa shape index (κ1) is 16.6. The number of hydrogen-bond donors (Lipinski definition) is 1. The van der Waals surface area contributed by atoms with Gasteiger partial charge >= 0.3 is 0 Å². The maximum Gasteiger partial charge on any atom is 0.203 e. The number of benzene rings is 1. The number of methoxy groups -OCH3 is 1. The van der Waals surface area contributed by atoms with Gasteiger partial charge in [0.2, 0.25) is 5.13 Å². The Morgan fingerprint density at radius 3 is 2.60 bits per heavy atom. The fourth-order valence-electron chi connectivity index (χ4n) is 4.45. The molecule has 0 spiro atoms. The standard InChI is InChI=1S/C20H25N3OS/c1-19(2)15-9-10-20(19,3)11-16(15)22-23-18-21-17(12-25-18)13-5-7-14(24-4)8-6-13/h5-8,12,15H,9-11H2,1-4H3,(H,21,23). The average molecular weight is 356 g/mol. The normalized spacial score (nSPS) is 28.5. The number of ether oxygens (including phenoxy) is 1. The number of fused-ring (bicyclic) bond motifs is 2.